The zero-order valence-corrected chi connectivity index (χ0v) is 6.83. The molecule has 2 atom stereocenters. The highest BCUT2D eigenvalue weighted by Crippen LogP contribution is 1.99. The lowest BCUT2D eigenvalue weighted by Crippen LogP contribution is -2.17. The highest BCUT2D eigenvalue weighted by atomic mass is 32.2. The van der Waals surface area contributed by atoms with Crippen molar-refractivity contribution in [1.29, 1.82) is 0 Å². The van der Waals surface area contributed by atoms with Crippen LogP contribution in [0, 0.1) is 5.92 Å². The molecule has 0 aliphatic heterocycles. The van der Waals surface area contributed by atoms with Crippen molar-refractivity contribution in [3.05, 3.63) is 0 Å². The molecule has 2 unspecified atom stereocenters. The van der Waals surface area contributed by atoms with Crippen LogP contribution < -0.4 is 0 Å². The number of carbonyl (C=O) groups is 1. The molecule has 0 aromatic heterocycles. The molecule has 0 heterocycles. The standard InChI is InChI=1S/C6H12O2S/c1-5(6(2)7)4-9(3)8/h5H,4H2,1-3H3. The summed E-state index contributed by atoms with van der Waals surface area (Å²) < 4.78 is 10.5. The maximum atomic E-state index is 10.5. The van der Waals surface area contributed by atoms with Crippen molar-refractivity contribution >= 4 is 17.0 Å². The molecule has 0 rings (SSSR count). The molecule has 2 nitrogen and oxygen atoms in total. The van der Waals surface area contributed by atoms with Crippen LogP contribution in [-0.4, -0.2) is 22.3 Å². The van der Waals surface area contributed by atoms with Crippen molar-refractivity contribution in [2.24, 2.45) is 5.92 Å². The Morgan fingerprint density at radius 2 is 2.22 bits per heavy atom. The lowest BCUT2D eigenvalue weighted by atomic mass is 10.1. The minimum Gasteiger partial charge on any atom is -0.617 e. The van der Waals surface area contributed by atoms with Gasteiger partial charge in [0.05, 0.1) is 12.2 Å². The molecular formula is C6H12O2S. The van der Waals surface area contributed by atoms with Crippen LogP contribution in [0.4, 0.5) is 0 Å². The second-order valence-electron chi connectivity index (χ2n) is 2.25. The zero-order chi connectivity index (χ0) is 7.44. The van der Waals surface area contributed by atoms with Crippen molar-refractivity contribution in [1.82, 2.24) is 0 Å². The van der Waals surface area contributed by atoms with Gasteiger partial charge < -0.3 is 4.55 Å². The molecule has 0 saturated carbocycles. The van der Waals surface area contributed by atoms with Gasteiger partial charge >= 0.3 is 0 Å². The van der Waals surface area contributed by atoms with Crippen LogP contribution in [0.15, 0.2) is 0 Å². The highest BCUT2D eigenvalue weighted by molar-refractivity contribution is 7.90. The molecule has 0 aliphatic rings. The van der Waals surface area contributed by atoms with Gasteiger partial charge in [-0.1, -0.05) is 18.1 Å². The molecule has 0 fully saturated rings. The van der Waals surface area contributed by atoms with E-state index in [1.807, 2.05) is 0 Å². The summed E-state index contributed by atoms with van der Waals surface area (Å²) in [4.78, 5) is 10.5. The van der Waals surface area contributed by atoms with E-state index >= 15 is 0 Å². The predicted molar refractivity (Wildman–Crippen MR) is 38.8 cm³/mol. The summed E-state index contributed by atoms with van der Waals surface area (Å²) in [5, 5.41) is 0. The number of Topliss-reactive ketones (excluding diaryl/α,β-unsaturated/α-hetero) is 1. The normalized spacial score (nSPS) is 16.9. The van der Waals surface area contributed by atoms with E-state index in [2.05, 4.69) is 0 Å². The first-order valence-electron chi connectivity index (χ1n) is 2.84. The van der Waals surface area contributed by atoms with E-state index in [4.69, 9.17) is 0 Å². The largest absolute Gasteiger partial charge is 0.617 e. The minimum atomic E-state index is -0.837. The third-order valence-corrected chi connectivity index (χ3v) is 2.15. The molecule has 0 N–H and O–H groups in total. The van der Waals surface area contributed by atoms with Gasteiger partial charge in [0.1, 0.15) is 11.5 Å². The van der Waals surface area contributed by atoms with Crippen molar-refractivity contribution < 1.29 is 9.35 Å². The van der Waals surface area contributed by atoms with Crippen molar-refractivity contribution in [3.63, 3.8) is 0 Å². The Bertz CT molecular complexity index is 101. The van der Waals surface area contributed by atoms with Gasteiger partial charge in [-0.05, 0) is 6.92 Å². The fraction of sp³-hybridized carbons (Fsp3) is 0.833. The second-order valence-corrected chi connectivity index (χ2v) is 3.73. The molecule has 0 aliphatic carbocycles. The third-order valence-electron chi connectivity index (χ3n) is 1.18. The molecule has 0 saturated heterocycles. The second kappa shape index (κ2) is 3.90. The Kier molecular flexibility index (Phi) is 3.89. The summed E-state index contributed by atoms with van der Waals surface area (Å²) >= 11 is -0.837. The maximum absolute atomic E-state index is 10.5. The van der Waals surface area contributed by atoms with E-state index in [0.717, 1.165) is 0 Å². The molecule has 3 heteroatoms. The number of hydrogen-bond acceptors (Lipinski definition) is 2. The monoisotopic (exact) mass is 148 g/mol. The van der Waals surface area contributed by atoms with E-state index in [1.54, 1.807) is 13.2 Å². The first-order chi connectivity index (χ1) is 4.04. The average molecular weight is 148 g/mol. The number of carbonyl (C=O) groups excluding carboxylic acids is 1. The van der Waals surface area contributed by atoms with Gasteiger partial charge in [0.2, 0.25) is 0 Å². The lowest BCUT2D eigenvalue weighted by molar-refractivity contribution is -0.119. The quantitative estimate of drug-likeness (QED) is 0.549. The summed E-state index contributed by atoms with van der Waals surface area (Å²) in [7, 11) is 0. The molecule has 0 aromatic carbocycles. The highest BCUT2D eigenvalue weighted by Gasteiger charge is 2.11. The van der Waals surface area contributed by atoms with Gasteiger partial charge in [-0.3, -0.25) is 4.79 Å². The number of rotatable bonds is 3. The first kappa shape index (κ1) is 8.98. The fourth-order valence-corrected chi connectivity index (χ4v) is 1.41. The lowest BCUT2D eigenvalue weighted by Gasteiger charge is -2.08. The van der Waals surface area contributed by atoms with E-state index < -0.39 is 11.2 Å². The summed E-state index contributed by atoms with van der Waals surface area (Å²) in [6, 6.07) is 0. The van der Waals surface area contributed by atoms with Gasteiger partial charge in [0.15, 0.2) is 0 Å². The Hall–Kier alpha value is -0.0200. The maximum Gasteiger partial charge on any atom is 0.137 e. The van der Waals surface area contributed by atoms with Gasteiger partial charge in [0, 0.05) is 0 Å². The molecular weight excluding hydrogens is 136 g/mol. The molecule has 0 amide bonds. The van der Waals surface area contributed by atoms with Crippen molar-refractivity contribution in [2.45, 2.75) is 13.8 Å². The van der Waals surface area contributed by atoms with Crippen molar-refractivity contribution in [3.8, 4) is 0 Å². The SMILES string of the molecule is CC(=O)C(C)C[S+](C)[O-]. The van der Waals surface area contributed by atoms with Gasteiger partial charge in [0.25, 0.3) is 0 Å². The van der Waals surface area contributed by atoms with Crippen LogP contribution in [0.2, 0.25) is 0 Å². The molecule has 0 bridgehead atoms. The van der Waals surface area contributed by atoms with Crippen LogP contribution >= 0.6 is 0 Å². The smallest absolute Gasteiger partial charge is 0.137 e. The van der Waals surface area contributed by atoms with E-state index in [0.29, 0.717) is 5.75 Å². The summed E-state index contributed by atoms with van der Waals surface area (Å²) in [6.07, 6.45) is 1.61. The van der Waals surface area contributed by atoms with Crippen LogP contribution in [-0.2, 0) is 16.0 Å². The van der Waals surface area contributed by atoms with E-state index in [-0.39, 0.29) is 11.7 Å². The molecule has 0 spiro atoms. The molecule has 9 heavy (non-hydrogen) atoms. The van der Waals surface area contributed by atoms with E-state index in [9.17, 15) is 9.35 Å². The Balaban J connectivity index is 3.50. The van der Waals surface area contributed by atoms with Gasteiger partial charge in [-0.15, -0.1) is 0 Å². The summed E-state index contributed by atoms with van der Waals surface area (Å²) in [6.45, 7) is 3.32. The third kappa shape index (κ3) is 4.48. The van der Waals surface area contributed by atoms with Gasteiger partial charge in [-0.2, -0.15) is 0 Å². The zero-order valence-electron chi connectivity index (χ0n) is 6.01. The van der Waals surface area contributed by atoms with Crippen LogP contribution in [0.5, 0.6) is 0 Å². The predicted octanol–water partition coefficient (Wildman–Crippen LogP) is 0.590. The number of hydrogen-bond donors (Lipinski definition) is 0. The number of ketones is 1. The van der Waals surface area contributed by atoms with Crippen LogP contribution in [0.3, 0.4) is 0 Å². The topological polar surface area (TPSA) is 40.1 Å². The first-order valence-corrected chi connectivity index (χ1v) is 4.57. The summed E-state index contributed by atoms with van der Waals surface area (Å²) in [5.74, 6) is 0.566. The molecule has 0 aromatic rings. The summed E-state index contributed by atoms with van der Waals surface area (Å²) in [5.41, 5.74) is 0. The average Bonchev–Trinajstić information content (AvgIpc) is 1.63. The molecule has 0 radical (unpaired) electrons. The van der Waals surface area contributed by atoms with Gasteiger partial charge in [-0.25, -0.2) is 0 Å². The minimum absolute atomic E-state index is 0.0455. The molecule has 54 valence electrons. The van der Waals surface area contributed by atoms with Crippen molar-refractivity contribution in [2.75, 3.05) is 12.0 Å². The van der Waals surface area contributed by atoms with Crippen LogP contribution in [0.1, 0.15) is 13.8 Å². The Labute approximate surface area is 58.8 Å². The van der Waals surface area contributed by atoms with E-state index in [1.165, 1.54) is 6.92 Å². The Morgan fingerprint density at radius 3 is 2.33 bits per heavy atom. The fourth-order valence-electron chi connectivity index (χ4n) is 0.469. The van der Waals surface area contributed by atoms with Crippen LogP contribution in [0.25, 0.3) is 0 Å². The Morgan fingerprint density at radius 1 is 1.78 bits per heavy atom.